The van der Waals surface area contributed by atoms with E-state index in [1.165, 1.54) is 0 Å². The van der Waals surface area contributed by atoms with Crippen LogP contribution in [0.15, 0.2) is 54.6 Å². The van der Waals surface area contributed by atoms with Crippen molar-refractivity contribution in [2.24, 2.45) is 0 Å². The molecule has 0 N–H and O–H groups in total. The van der Waals surface area contributed by atoms with Crippen LogP contribution in [0.2, 0.25) is 10.0 Å². The number of piperidine rings is 1. The first kappa shape index (κ1) is 20.3. The van der Waals surface area contributed by atoms with Crippen molar-refractivity contribution >= 4 is 45.7 Å². The molecule has 158 valence electrons. The highest BCUT2D eigenvalue weighted by Gasteiger charge is 2.44. The first-order chi connectivity index (χ1) is 14.9. The minimum Gasteiger partial charge on any atom is -0.484 e. The van der Waals surface area contributed by atoms with Crippen molar-refractivity contribution in [2.75, 3.05) is 13.1 Å². The van der Waals surface area contributed by atoms with Crippen molar-refractivity contribution in [3.05, 3.63) is 75.8 Å². The van der Waals surface area contributed by atoms with Crippen LogP contribution in [-0.2, 0) is 11.2 Å². The van der Waals surface area contributed by atoms with Crippen molar-refractivity contribution in [3.8, 4) is 5.75 Å². The summed E-state index contributed by atoms with van der Waals surface area (Å²) in [5, 5.41) is 3.02. The van der Waals surface area contributed by atoms with Crippen molar-refractivity contribution in [2.45, 2.75) is 31.3 Å². The molecule has 5 rings (SSSR count). The molecule has 2 heterocycles. The maximum atomic E-state index is 13.0. The van der Waals surface area contributed by atoms with E-state index >= 15 is 0 Å². The van der Waals surface area contributed by atoms with Gasteiger partial charge in [-0.25, -0.2) is 0 Å². The molecule has 1 amide bonds. The molecule has 0 aromatic heterocycles. The van der Waals surface area contributed by atoms with Crippen LogP contribution in [0.25, 0.3) is 10.8 Å². The predicted molar refractivity (Wildman–Crippen MR) is 122 cm³/mol. The number of nitrogens with zero attached hydrogens (tertiary/aromatic N) is 1. The van der Waals surface area contributed by atoms with Crippen molar-refractivity contribution in [1.82, 2.24) is 4.90 Å². The lowest BCUT2D eigenvalue weighted by atomic mass is 9.82. The molecule has 0 unspecified atom stereocenters. The van der Waals surface area contributed by atoms with Gasteiger partial charge in [0.2, 0.25) is 5.91 Å². The summed E-state index contributed by atoms with van der Waals surface area (Å²) in [7, 11) is 0. The van der Waals surface area contributed by atoms with Crippen LogP contribution in [-0.4, -0.2) is 35.3 Å². The van der Waals surface area contributed by atoms with E-state index in [0.29, 0.717) is 53.7 Å². The molecule has 0 atom stereocenters. The van der Waals surface area contributed by atoms with E-state index in [4.69, 9.17) is 27.9 Å². The van der Waals surface area contributed by atoms with E-state index in [2.05, 4.69) is 18.2 Å². The Labute approximate surface area is 190 Å². The zero-order chi connectivity index (χ0) is 21.6. The summed E-state index contributed by atoms with van der Waals surface area (Å²) < 4.78 is 6.27. The molecule has 0 radical (unpaired) electrons. The van der Waals surface area contributed by atoms with E-state index in [1.54, 1.807) is 12.1 Å². The summed E-state index contributed by atoms with van der Waals surface area (Å²) in [4.78, 5) is 27.7. The van der Waals surface area contributed by atoms with Crippen LogP contribution >= 0.6 is 23.2 Å². The van der Waals surface area contributed by atoms with Gasteiger partial charge in [0, 0.05) is 31.0 Å². The number of rotatable bonds is 2. The monoisotopic (exact) mass is 453 g/mol. The molecule has 0 bridgehead atoms. The molecule has 1 spiro atoms. The Balaban J connectivity index is 1.30. The number of Topliss-reactive ketones (excluding diaryl/α,β-unsaturated/α-hetero) is 1. The van der Waals surface area contributed by atoms with Crippen LogP contribution in [0.4, 0.5) is 0 Å². The fourth-order valence-corrected chi connectivity index (χ4v) is 5.21. The number of likely N-dealkylation sites (tertiary alicyclic amines) is 1. The van der Waals surface area contributed by atoms with Crippen LogP contribution in [0, 0.1) is 0 Å². The smallest absolute Gasteiger partial charge is 0.227 e. The number of ether oxygens (including phenoxy) is 1. The Morgan fingerprint density at radius 2 is 1.77 bits per heavy atom. The minimum atomic E-state index is -0.613. The maximum absolute atomic E-state index is 13.0. The summed E-state index contributed by atoms with van der Waals surface area (Å²) in [6.45, 7) is 1.11. The van der Waals surface area contributed by atoms with Gasteiger partial charge in [0.15, 0.2) is 5.78 Å². The first-order valence-corrected chi connectivity index (χ1v) is 11.2. The molecule has 3 aromatic carbocycles. The van der Waals surface area contributed by atoms with E-state index in [9.17, 15) is 9.59 Å². The molecule has 1 saturated heterocycles. The minimum absolute atomic E-state index is 0.0128. The van der Waals surface area contributed by atoms with Gasteiger partial charge >= 0.3 is 0 Å². The number of hydrogen-bond acceptors (Lipinski definition) is 3. The maximum Gasteiger partial charge on any atom is 0.227 e. The number of carbonyl (C=O) groups is 2. The van der Waals surface area contributed by atoms with Gasteiger partial charge in [-0.05, 0) is 28.5 Å². The number of ketones is 1. The zero-order valence-corrected chi connectivity index (χ0v) is 18.4. The van der Waals surface area contributed by atoms with Gasteiger partial charge in [-0.15, -0.1) is 0 Å². The van der Waals surface area contributed by atoms with Gasteiger partial charge in [-0.3, -0.25) is 9.59 Å². The summed E-state index contributed by atoms with van der Waals surface area (Å²) in [6, 6.07) is 17.4. The topological polar surface area (TPSA) is 46.6 Å². The Hall–Kier alpha value is -2.56. The van der Waals surface area contributed by atoms with E-state index in [-0.39, 0.29) is 18.1 Å². The quantitative estimate of drug-likeness (QED) is 0.498. The highest BCUT2D eigenvalue weighted by Crippen LogP contribution is 2.44. The standard InChI is InChI=1S/C25H21Cl2NO3/c26-18-13-20-22(29)15-25(31-24(20)21(27)14-18)8-10-28(11-9-25)23(30)12-17-6-3-5-16-4-1-2-7-19(16)17/h1-7,13-14H,8-12,15H2. The molecule has 0 aliphatic carbocycles. The molecule has 1 fully saturated rings. The first-order valence-electron chi connectivity index (χ1n) is 10.4. The van der Waals surface area contributed by atoms with Crippen LogP contribution < -0.4 is 4.74 Å². The van der Waals surface area contributed by atoms with Gasteiger partial charge in [-0.2, -0.15) is 0 Å². The highest BCUT2D eigenvalue weighted by molar-refractivity contribution is 6.36. The third kappa shape index (κ3) is 3.79. The van der Waals surface area contributed by atoms with E-state index < -0.39 is 5.60 Å². The summed E-state index contributed by atoms with van der Waals surface area (Å²) >= 11 is 12.4. The second-order valence-electron chi connectivity index (χ2n) is 8.35. The largest absolute Gasteiger partial charge is 0.484 e. The van der Waals surface area contributed by atoms with Crippen LogP contribution in [0.3, 0.4) is 0 Å². The van der Waals surface area contributed by atoms with Crippen molar-refractivity contribution in [3.63, 3.8) is 0 Å². The third-order valence-corrected chi connectivity index (χ3v) is 6.86. The number of benzene rings is 3. The Morgan fingerprint density at radius 1 is 1.03 bits per heavy atom. The lowest BCUT2D eigenvalue weighted by molar-refractivity contribution is -0.134. The van der Waals surface area contributed by atoms with Gasteiger partial charge < -0.3 is 9.64 Å². The molecule has 0 saturated carbocycles. The molecule has 3 aromatic rings. The number of carbonyl (C=O) groups excluding carboxylic acids is 2. The van der Waals surface area contributed by atoms with Gasteiger partial charge in [-0.1, -0.05) is 65.7 Å². The van der Waals surface area contributed by atoms with Gasteiger partial charge in [0.25, 0.3) is 0 Å². The number of fused-ring (bicyclic) bond motifs is 2. The summed E-state index contributed by atoms with van der Waals surface area (Å²) in [5.74, 6) is 0.498. The Morgan fingerprint density at radius 3 is 2.58 bits per heavy atom. The molecule has 2 aliphatic heterocycles. The summed E-state index contributed by atoms with van der Waals surface area (Å²) in [6.07, 6.45) is 1.83. The van der Waals surface area contributed by atoms with Gasteiger partial charge in [0.05, 0.1) is 23.4 Å². The van der Waals surface area contributed by atoms with Crippen molar-refractivity contribution < 1.29 is 14.3 Å². The van der Waals surface area contributed by atoms with Crippen LogP contribution in [0.1, 0.15) is 35.2 Å². The second kappa shape index (κ2) is 7.85. The number of halogens is 2. The number of hydrogen-bond donors (Lipinski definition) is 0. The lowest BCUT2D eigenvalue weighted by Crippen LogP contribution is -2.52. The van der Waals surface area contributed by atoms with Crippen LogP contribution in [0.5, 0.6) is 5.75 Å². The highest BCUT2D eigenvalue weighted by atomic mass is 35.5. The Bertz CT molecular complexity index is 1190. The van der Waals surface area contributed by atoms with E-state index in [0.717, 1.165) is 16.3 Å². The fourth-order valence-electron chi connectivity index (χ4n) is 4.68. The average molecular weight is 454 g/mol. The predicted octanol–water partition coefficient (Wildman–Crippen LogP) is 5.72. The fraction of sp³-hybridized carbons (Fsp3) is 0.280. The van der Waals surface area contributed by atoms with E-state index in [1.807, 2.05) is 29.2 Å². The molecular formula is C25H21Cl2NO3. The molecule has 2 aliphatic rings. The molecular weight excluding hydrogens is 433 g/mol. The molecule has 4 nitrogen and oxygen atoms in total. The Kier molecular flexibility index (Phi) is 5.15. The molecule has 6 heteroatoms. The SMILES string of the molecule is O=C1CC2(CCN(C(=O)Cc3cccc4ccccc34)CC2)Oc2c(Cl)cc(Cl)cc21. The average Bonchev–Trinajstić information content (AvgIpc) is 2.75. The summed E-state index contributed by atoms with van der Waals surface area (Å²) in [5.41, 5.74) is 0.861. The lowest BCUT2D eigenvalue weighted by Gasteiger charge is -2.44. The number of amides is 1. The second-order valence-corrected chi connectivity index (χ2v) is 9.19. The normalized spacial score (nSPS) is 17.5. The van der Waals surface area contributed by atoms with Crippen molar-refractivity contribution in [1.29, 1.82) is 0 Å². The molecule has 31 heavy (non-hydrogen) atoms. The van der Waals surface area contributed by atoms with Gasteiger partial charge in [0.1, 0.15) is 11.4 Å². The zero-order valence-electron chi connectivity index (χ0n) is 16.9. The third-order valence-electron chi connectivity index (χ3n) is 6.36.